The summed E-state index contributed by atoms with van der Waals surface area (Å²) >= 11 is 3.55. The Morgan fingerprint density at radius 1 is 1.19 bits per heavy atom. The molecule has 2 amide bonds. The maximum absolute atomic E-state index is 13.4. The fraction of sp³-hybridized carbons (Fsp3) is 0.286. The number of halogens is 1. The second kappa shape index (κ2) is 7.16. The first kappa shape index (κ1) is 19.7. The third-order valence-corrected chi connectivity index (χ3v) is 6.79. The maximum atomic E-state index is 13.4. The van der Waals surface area contributed by atoms with Crippen LogP contribution in [0.1, 0.15) is 28.9 Å². The number of hydrogen-bond donors (Lipinski definition) is 2. The number of likely N-dealkylation sites (tertiary alicyclic amines) is 1. The Labute approximate surface area is 185 Å². The molecule has 2 aromatic heterocycles. The molecule has 0 atom stereocenters. The van der Waals surface area contributed by atoms with E-state index in [2.05, 4.69) is 31.1 Å². The normalized spacial score (nSPS) is 17.4. The van der Waals surface area contributed by atoms with Gasteiger partial charge < -0.3 is 14.9 Å². The Morgan fingerprint density at radius 2 is 1.97 bits per heavy atom. The minimum Gasteiger partial charge on any atom is -0.480 e. The van der Waals surface area contributed by atoms with Crippen molar-refractivity contribution in [2.75, 3.05) is 24.5 Å². The van der Waals surface area contributed by atoms with Gasteiger partial charge >= 0.3 is 5.97 Å². The first-order chi connectivity index (χ1) is 14.9. The molecule has 0 bridgehead atoms. The van der Waals surface area contributed by atoms with Gasteiger partial charge in [-0.25, -0.2) is 4.98 Å². The quantitative estimate of drug-likeness (QED) is 0.589. The van der Waals surface area contributed by atoms with Crippen molar-refractivity contribution in [1.82, 2.24) is 20.1 Å². The number of piperidine rings is 1. The van der Waals surface area contributed by atoms with E-state index in [0.717, 1.165) is 15.6 Å². The molecular formula is C21H18BrN5O4. The van der Waals surface area contributed by atoms with Gasteiger partial charge in [-0.3, -0.25) is 19.5 Å². The van der Waals surface area contributed by atoms with Gasteiger partial charge in [-0.1, -0.05) is 22.0 Å². The van der Waals surface area contributed by atoms with Crippen molar-refractivity contribution >= 4 is 50.4 Å². The number of benzene rings is 1. The highest BCUT2D eigenvalue weighted by atomic mass is 79.9. The van der Waals surface area contributed by atoms with Gasteiger partial charge in [0, 0.05) is 28.8 Å². The Bertz CT molecular complexity index is 1230. The number of carboxylic acids is 1. The number of rotatable bonds is 3. The van der Waals surface area contributed by atoms with Crippen LogP contribution in [0, 0.1) is 0 Å². The van der Waals surface area contributed by atoms with E-state index in [-0.39, 0.29) is 18.4 Å². The molecule has 0 unspecified atom stereocenters. The zero-order valence-corrected chi connectivity index (χ0v) is 17.9. The van der Waals surface area contributed by atoms with Gasteiger partial charge in [0.2, 0.25) is 5.91 Å². The van der Waals surface area contributed by atoms with Crippen LogP contribution in [-0.2, 0) is 15.0 Å². The minimum atomic E-state index is -1.07. The number of carbonyl (C=O) groups is 3. The standard InChI is InChI=1S/C21H18BrN5O4/c22-12-2-1-3-16-18(12)21(20(31)27(16)11-17(28)29)6-8-26(9-7-21)19(30)14-5-4-13-15(24-14)10-23-25-13/h1-5,10H,6-9,11H2,(H,23,25)(H,28,29). The highest BCUT2D eigenvalue weighted by Crippen LogP contribution is 2.50. The fourth-order valence-electron chi connectivity index (χ4n) is 4.65. The average molecular weight is 484 g/mol. The van der Waals surface area contributed by atoms with Gasteiger partial charge in [-0.05, 0) is 37.1 Å². The van der Waals surface area contributed by atoms with Crippen molar-refractivity contribution in [2.24, 2.45) is 0 Å². The van der Waals surface area contributed by atoms with E-state index in [0.29, 0.717) is 42.8 Å². The summed E-state index contributed by atoms with van der Waals surface area (Å²) in [6.45, 7) is 0.357. The zero-order valence-electron chi connectivity index (χ0n) is 16.3. The molecule has 0 radical (unpaired) electrons. The number of aliphatic carboxylic acids is 1. The Balaban J connectivity index is 1.43. The van der Waals surface area contributed by atoms with E-state index in [1.807, 2.05) is 6.07 Å². The Morgan fingerprint density at radius 3 is 2.71 bits per heavy atom. The summed E-state index contributed by atoms with van der Waals surface area (Å²) in [4.78, 5) is 45.2. The molecule has 1 aromatic carbocycles. The number of fused-ring (bicyclic) bond motifs is 3. The lowest BCUT2D eigenvalue weighted by Crippen LogP contribution is -2.51. The summed E-state index contributed by atoms with van der Waals surface area (Å²) in [7, 11) is 0. The lowest BCUT2D eigenvalue weighted by molar-refractivity contribution is -0.137. The van der Waals surface area contributed by atoms with Gasteiger partial charge in [0.05, 0.1) is 17.1 Å². The second-order valence-corrected chi connectivity index (χ2v) is 8.65. The number of nitrogens with one attached hydrogen (secondary N) is 1. The van der Waals surface area contributed by atoms with E-state index in [9.17, 15) is 19.5 Å². The summed E-state index contributed by atoms with van der Waals surface area (Å²) in [6, 6.07) is 8.86. The van der Waals surface area contributed by atoms with Crippen LogP contribution in [-0.4, -0.2) is 62.6 Å². The zero-order chi connectivity index (χ0) is 21.8. The molecule has 2 aliphatic rings. The number of pyridine rings is 1. The summed E-state index contributed by atoms with van der Waals surface area (Å²) < 4.78 is 0.776. The topological polar surface area (TPSA) is 119 Å². The molecule has 31 heavy (non-hydrogen) atoms. The third kappa shape index (κ3) is 3.01. The monoisotopic (exact) mass is 483 g/mol. The molecular weight excluding hydrogens is 466 g/mol. The minimum absolute atomic E-state index is 0.196. The lowest BCUT2D eigenvalue weighted by atomic mass is 9.73. The first-order valence-electron chi connectivity index (χ1n) is 9.83. The number of anilines is 1. The van der Waals surface area contributed by atoms with Crippen molar-refractivity contribution < 1.29 is 19.5 Å². The van der Waals surface area contributed by atoms with Crippen molar-refractivity contribution in [3.63, 3.8) is 0 Å². The molecule has 2 N–H and O–H groups in total. The molecule has 1 spiro atoms. The van der Waals surface area contributed by atoms with Crippen LogP contribution >= 0.6 is 15.9 Å². The van der Waals surface area contributed by atoms with E-state index in [1.54, 1.807) is 35.4 Å². The van der Waals surface area contributed by atoms with Crippen molar-refractivity contribution in [3.8, 4) is 0 Å². The molecule has 10 heteroatoms. The summed E-state index contributed by atoms with van der Waals surface area (Å²) in [5, 5.41) is 16.0. The largest absolute Gasteiger partial charge is 0.480 e. The molecule has 2 aliphatic heterocycles. The van der Waals surface area contributed by atoms with Crippen molar-refractivity contribution in [2.45, 2.75) is 18.3 Å². The third-order valence-electron chi connectivity index (χ3n) is 6.13. The molecule has 0 aliphatic carbocycles. The predicted octanol–water partition coefficient (Wildman–Crippen LogP) is 2.33. The van der Waals surface area contributed by atoms with Crippen LogP contribution in [0.25, 0.3) is 11.0 Å². The van der Waals surface area contributed by atoms with Crippen LogP contribution < -0.4 is 4.90 Å². The maximum Gasteiger partial charge on any atom is 0.323 e. The van der Waals surface area contributed by atoms with E-state index in [4.69, 9.17) is 0 Å². The molecule has 5 rings (SSSR count). The number of aromatic nitrogens is 3. The van der Waals surface area contributed by atoms with Crippen LogP contribution in [0.4, 0.5) is 5.69 Å². The highest BCUT2D eigenvalue weighted by molar-refractivity contribution is 9.10. The molecule has 158 valence electrons. The first-order valence-corrected chi connectivity index (χ1v) is 10.6. The fourth-order valence-corrected chi connectivity index (χ4v) is 5.38. The molecule has 0 saturated carbocycles. The number of amides is 2. The van der Waals surface area contributed by atoms with Crippen LogP contribution in [0.2, 0.25) is 0 Å². The Kier molecular flexibility index (Phi) is 4.54. The average Bonchev–Trinajstić information content (AvgIpc) is 3.31. The van der Waals surface area contributed by atoms with Crippen LogP contribution in [0.5, 0.6) is 0 Å². The summed E-state index contributed by atoms with van der Waals surface area (Å²) in [5.41, 5.74) is 2.29. The van der Waals surface area contributed by atoms with Crippen molar-refractivity contribution in [1.29, 1.82) is 0 Å². The number of nitrogens with zero attached hydrogens (tertiary/aromatic N) is 4. The summed E-state index contributed by atoms with van der Waals surface area (Å²) in [5.74, 6) is -1.48. The molecule has 1 saturated heterocycles. The molecule has 1 fully saturated rings. The number of carbonyl (C=O) groups excluding carboxylic acids is 2. The van der Waals surface area contributed by atoms with Gasteiger partial charge in [0.25, 0.3) is 5.91 Å². The van der Waals surface area contributed by atoms with Crippen molar-refractivity contribution in [3.05, 3.63) is 52.3 Å². The molecule has 4 heterocycles. The van der Waals surface area contributed by atoms with E-state index < -0.39 is 11.4 Å². The predicted molar refractivity (Wildman–Crippen MR) is 115 cm³/mol. The van der Waals surface area contributed by atoms with E-state index in [1.165, 1.54) is 4.90 Å². The van der Waals surface area contributed by atoms with Crippen LogP contribution in [0.3, 0.4) is 0 Å². The Hall–Kier alpha value is -3.27. The van der Waals surface area contributed by atoms with Gasteiger partial charge in [-0.15, -0.1) is 0 Å². The number of H-pyrrole nitrogens is 1. The SMILES string of the molecule is O=C(O)CN1C(=O)C2(CCN(C(=O)c3ccc4[nH]ncc4n3)CC2)c2c(Br)cccc21. The lowest BCUT2D eigenvalue weighted by Gasteiger charge is -2.38. The number of carboxylic acid groups (broad SMARTS) is 1. The number of hydrogen-bond acceptors (Lipinski definition) is 5. The van der Waals surface area contributed by atoms with Crippen LogP contribution in [0.15, 0.2) is 41.0 Å². The second-order valence-electron chi connectivity index (χ2n) is 7.79. The number of aromatic amines is 1. The molecule has 9 nitrogen and oxygen atoms in total. The van der Waals surface area contributed by atoms with Gasteiger partial charge in [-0.2, -0.15) is 5.10 Å². The van der Waals surface area contributed by atoms with Gasteiger partial charge in [0.15, 0.2) is 0 Å². The summed E-state index contributed by atoms with van der Waals surface area (Å²) in [6.07, 6.45) is 2.40. The van der Waals surface area contributed by atoms with Gasteiger partial charge in [0.1, 0.15) is 17.8 Å². The highest BCUT2D eigenvalue weighted by Gasteiger charge is 2.53. The smallest absolute Gasteiger partial charge is 0.323 e. The van der Waals surface area contributed by atoms with E-state index >= 15 is 0 Å². The molecule has 3 aromatic rings.